The minimum absolute atomic E-state index is 0.513. The van der Waals surface area contributed by atoms with Crippen LogP contribution in [-0.2, 0) is 0 Å². The summed E-state index contributed by atoms with van der Waals surface area (Å²) in [5.74, 6) is 0.513. The van der Waals surface area contributed by atoms with Gasteiger partial charge in [0.2, 0.25) is 6.23 Å². The van der Waals surface area contributed by atoms with Crippen LogP contribution in [0.1, 0.15) is 33.1 Å². The molecule has 0 fully saturated rings. The molecule has 0 aromatic heterocycles. The molecule has 0 radical (unpaired) electrons. The van der Waals surface area contributed by atoms with Crippen molar-refractivity contribution < 1.29 is 18.3 Å². The molecule has 0 unspecified atom stereocenters. The first-order valence-corrected chi connectivity index (χ1v) is 5.00. The average molecular weight is 223 g/mol. The van der Waals surface area contributed by atoms with Crippen LogP contribution in [0.2, 0.25) is 0 Å². The van der Waals surface area contributed by atoms with E-state index in [-0.39, 0.29) is 0 Å². The molecule has 0 spiro atoms. The second-order valence-corrected chi connectivity index (χ2v) is 4.20. The lowest BCUT2D eigenvalue weighted by atomic mass is 9.89. The van der Waals surface area contributed by atoms with E-state index in [9.17, 15) is 13.2 Å². The molecule has 0 aromatic carbocycles. The third-order valence-electron chi connectivity index (χ3n) is 2.68. The van der Waals surface area contributed by atoms with E-state index in [1.165, 1.54) is 0 Å². The van der Waals surface area contributed by atoms with Crippen molar-refractivity contribution in [1.29, 1.82) is 0 Å². The summed E-state index contributed by atoms with van der Waals surface area (Å²) in [6, 6.07) is 0. The molecule has 2 N–H and O–H groups in total. The van der Waals surface area contributed by atoms with Crippen LogP contribution in [0.5, 0.6) is 0 Å². The van der Waals surface area contributed by atoms with E-state index in [2.05, 4.69) is 12.2 Å². The van der Waals surface area contributed by atoms with E-state index in [1.54, 1.807) is 6.92 Å². The maximum absolute atomic E-state index is 12.1. The zero-order chi connectivity index (χ0) is 11.6. The van der Waals surface area contributed by atoms with Gasteiger partial charge in [0.05, 0.1) is 0 Å². The van der Waals surface area contributed by atoms with Crippen LogP contribution in [0.4, 0.5) is 13.2 Å². The van der Waals surface area contributed by atoms with E-state index in [4.69, 9.17) is 5.11 Å². The van der Waals surface area contributed by atoms with Gasteiger partial charge in [-0.2, -0.15) is 13.2 Å². The third-order valence-corrected chi connectivity index (χ3v) is 2.68. The molecule has 0 aliphatic heterocycles. The molecular weight excluding hydrogens is 207 g/mol. The highest BCUT2D eigenvalue weighted by molar-refractivity contribution is 5.14. The van der Waals surface area contributed by atoms with Crippen LogP contribution in [-0.4, -0.2) is 17.5 Å². The zero-order valence-corrected chi connectivity index (χ0v) is 8.86. The SMILES string of the molecule is CC1=C(N[C@@H](O)C(F)(F)F)CC[C@@H](C)C1. The summed E-state index contributed by atoms with van der Waals surface area (Å²) < 4.78 is 36.2. The Kier molecular flexibility index (Phi) is 3.65. The fourth-order valence-corrected chi connectivity index (χ4v) is 1.79. The molecule has 1 rings (SSSR count). The van der Waals surface area contributed by atoms with Gasteiger partial charge in [-0.15, -0.1) is 0 Å². The maximum atomic E-state index is 12.1. The van der Waals surface area contributed by atoms with Crippen LogP contribution >= 0.6 is 0 Å². The Hall–Kier alpha value is -0.710. The summed E-state index contributed by atoms with van der Waals surface area (Å²) in [7, 11) is 0. The number of alkyl halides is 3. The number of nitrogens with one attached hydrogen (secondary N) is 1. The lowest BCUT2D eigenvalue weighted by Crippen LogP contribution is -2.42. The molecule has 1 aliphatic rings. The van der Waals surface area contributed by atoms with Gasteiger partial charge in [0.25, 0.3) is 0 Å². The Morgan fingerprint density at radius 3 is 2.53 bits per heavy atom. The normalized spacial score (nSPS) is 25.3. The Morgan fingerprint density at radius 1 is 1.47 bits per heavy atom. The van der Waals surface area contributed by atoms with Crippen molar-refractivity contribution in [2.45, 2.75) is 45.5 Å². The maximum Gasteiger partial charge on any atom is 0.433 e. The predicted octanol–water partition coefficient (Wildman–Crippen LogP) is 2.55. The van der Waals surface area contributed by atoms with Gasteiger partial charge >= 0.3 is 6.18 Å². The Morgan fingerprint density at radius 2 is 2.07 bits per heavy atom. The van der Waals surface area contributed by atoms with Gasteiger partial charge in [-0.05, 0) is 32.1 Å². The fourth-order valence-electron chi connectivity index (χ4n) is 1.79. The lowest BCUT2D eigenvalue weighted by Gasteiger charge is -2.26. The summed E-state index contributed by atoms with van der Waals surface area (Å²) in [5.41, 5.74) is 1.45. The highest BCUT2D eigenvalue weighted by Gasteiger charge is 2.39. The van der Waals surface area contributed by atoms with Gasteiger partial charge in [0.1, 0.15) is 0 Å². The molecule has 1 aliphatic carbocycles. The Labute approximate surface area is 87.2 Å². The van der Waals surface area contributed by atoms with Gasteiger partial charge in [0, 0.05) is 5.70 Å². The van der Waals surface area contributed by atoms with E-state index < -0.39 is 12.4 Å². The number of aliphatic hydroxyl groups excluding tert-OH is 1. The van der Waals surface area contributed by atoms with E-state index in [0.29, 0.717) is 18.0 Å². The molecule has 15 heavy (non-hydrogen) atoms. The van der Waals surface area contributed by atoms with Crippen LogP contribution in [0.15, 0.2) is 11.3 Å². The van der Waals surface area contributed by atoms with E-state index >= 15 is 0 Å². The lowest BCUT2D eigenvalue weighted by molar-refractivity contribution is -0.211. The van der Waals surface area contributed by atoms with Gasteiger partial charge < -0.3 is 10.4 Å². The number of allylic oxidation sites excluding steroid dienone is 2. The minimum Gasteiger partial charge on any atom is -0.366 e. The summed E-state index contributed by atoms with van der Waals surface area (Å²) in [6.07, 6.45) is -4.80. The number of rotatable bonds is 2. The first kappa shape index (κ1) is 12.4. The molecule has 0 heterocycles. The molecule has 5 heteroatoms. The van der Waals surface area contributed by atoms with Crippen LogP contribution < -0.4 is 5.32 Å². The summed E-state index contributed by atoms with van der Waals surface area (Å²) in [6.45, 7) is 3.88. The van der Waals surface area contributed by atoms with Gasteiger partial charge in [-0.3, -0.25) is 0 Å². The first-order chi connectivity index (χ1) is 6.80. The van der Waals surface area contributed by atoms with Gasteiger partial charge in [-0.1, -0.05) is 12.5 Å². The van der Waals surface area contributed by atoms with Crippen molar-refractivity contribution in [3.8, 4) is 0 Å². The average Bonchev–Trinajstić information content (AvgIpc) is 2.08. The zero-order valence-electron chi connectivity index (χ0n) is 8.86. The molecule has 0 saturated heterocycles. The number of hydrogen-bond donors (Lipinski definition) is 2. The minimum atomic E-state index is -4.60. The molecule has 88 valence electrons. The van der Waals surface area contributed by atoms with Gasteiger partial charge in [0.15, 0.2) is 0 Å². The fraction of sp³-hybridized carbons (Fsp3) is 0.800. The summed E-state index contributed by atoms with van der Waals surface area (Å²) in [4.78, 5) is 0. The molecule has 0 bridgehead atoms. The first-order valence-electron chi connectivity index (χ1n) is 5.00. The van der Waals surface area contributed by atoms with Crippen molar-refractivity contribution in [3.63, 3.8) is 0 Å². The van der Waals surface area contributed by atoms with Crippen molar-refractivity contribution >= 4 is 0 Å². The summed E-state index contributed by atoms with van der Waals surface area (Å²) in [5, 5.41) is 11.0. The van der Waals surface area contributed by atoms with Gasteiger partial charge in [-0.25, -0.2) is 0 Å². The van der Waals surface area contributed by atoms with Crippen molar-refractivity contribution in [2.24, 2.45) is 5.92 Å². The standard InChI is InChI=1S/C10H16F3NO/c1-6-3-4-8(7(2)5-6)14-9(15)10(11,12)13/h6,9,14-15H,3-5H2,1-2H3/t6-,9+/m1/s1. The highest BCUT2D eigenvalue weighted by Crippen LogP contribution is 2.29. The monoisotopic (exact) mass is 223 g/mol. The topological polar surface area (TPSA) is 32.3 Å². The predicted molar refractivity (Wildman–Crippen MR) is 50.9 cm³/mol. The second kappa shape index (κ2) is 4.43. The second-order valence-electron chi connectivity index (χ2n) is 4.20. The number of halogens is 3. The molecule has 0 amide bonds. The van der Waals surface area contributed by atoms with Crippen LogP contribution in [0.3, 0.4) is 0 Å². The quantitative estimate of drug-likeness (QED) is 0.705. The van der Waals surface area contributed by atoms with Crippen molar-refractivity contribution in [1.82, 2.24) is 5.32 Å². The third kappa shape index (κ3) is 3.41. The van der Waals surface area contributed by atoms with E-state index in [0.717, 1.165) is 18.4 Å². The number of hydrogen-bond acceptors (Lipinski definition) is 2. The molecular formula is C10H16F3NO. The Balaban J connectivity index is 2.62. The van der Waals surface area contributed by atoms with Crippen molar-refractivity contribution in [3.05, 3.63) is 11.3 Å². The Bertz CT molecular complexity index is 260. The largest absolute Gasteiger partial charge is 0.433 e. The smallest absolute Gasteiger partial charge is 0.366 e. The van der Waals surface area contributed by atoms with E-state index in [1.807, 2.05) is 0 Å². The van der Waals surface area contributed by atoms with Crippen LogP contribution in [0.25, 0.3) is 0 Å². The molecule has 2 nitrogen and oxygen atoms in total. The molecule has 0 aromatic rings. The summed E-state index contributed by atoms with van der Waals surface area (Å²) >= 11 is 0. The molecule has 2 atom stereocenters. The number of aliphatic hydroxyl groups is 1. The van der Waals surface area contributed by atoms with Crippen LogP contribution in [0, 0.1) is 5.92 Å². The van der Waals surface area contributed by atoms with Crippen molar-refractivity contribution in [2.75, 3.05) is 0 Å². The highest BCUT2D eigenvalue weighted by atomic mass is 19.4. The molecule has 0 saturated carbocycles.